The lowest BCUT2D eigenvalue weighted by Crippen LogP contribution is -2.37. The Bertz CT molecular complexity index is 346. The van der Waals surface area contributed by atoms with Crippen LogP contribution in [-0.2, 0) is 14.3 Å². The molecule has 0 heterocycles. The zero-order valence-corrected chi connectivity index (χ0v) is 13.1. The number of unbranched alkanes of at least 4 members (excludes halogenated alkanes) is 1. The lowest BCUT2D eigenvalue weighted by atomic mass is 9.86. The molecule has 5 heteroatoms. The Morgan fingerprint density at radius 1 is 1.14 bits per heavy atom. The lowest BCUT2D eigenvalue weighted by Gasteiger charge is -2.27. The van der Waals surface area contributed by atoms with Gasteiger partial charge in [0.05, 0.1) is 13.2 Å². The largest absolute Gasteiger partial charge is 0.463 e. The van der Waals surface area contributed by atoms with E-state index in [0.717, 1.165) is 38.5 Å². The van der Waals surface area contributed by atoms with Gasteiger partial charge >= 0.3 is 12.1 Å². The molecule has 5 nitrogen and oxygen atoms in total. The molecule has 0 aliphatic heterocycles. The van der Waals surface area contributed by atoms with Gasteiger partial charge in [-0.2, -0.15) is 0 Å². The van der Waals surface area contributed by atoms with Gasteiger partial charge in [-0.1, -0.05) is 19.4 Å². The molecule has 0 bridgehead atoms. The summed E-state index contributed by atoms with van der Waals surface area (Å²) in [6.07, 6.45) is 8.82. The topological polar surface area (TPSA) is 64.6 Å². The standard InChI is InChI=1S/C16H27NO4/c1-3-5-12-21-16(19)17-14-9-6-13(7-10-14)8-11-15(18)20-4-2/h8,11,13-14H,3-7,9-10,12H2,1-2H3,(H,17,19)/b11-8+/t13-,14-. The van der Waals surface area contributed by atoms with Crippen molar-refractivity contribution in [1.82, 2.24) is 5.32 Å². The highest BCUT2D eigenvalue weighted by atomic mass is 16.5. The van der Waals surface area contributed by atoms with E-state index in [4.69, 9.17) is 9.47 Å². The molecule has 1 N–H and O–H groups in total. The van der Waals surface area contributed by atoms with E-state index in [-0.39, 0.29) is 18.1 Å². The third kappa shape index (κ3) is 7.73. The van der Waals surface area contributed by atoms with Crippen LogP contribution in [0.5, 0.6) is 0 Å². The number of esters is 1. The minimum absolute atomic E-state index is 0.186. The van der Waals surface area contributed by atoms with Crippen LogP contribution in [0.15, 0.2) is 12.2 Å². The summed E-state index contributed by atoms with van der Waals surface area (Å²) in [6.45, 7) is 4.74. The number of allylic oxidation sites excluding steroid dienone is 1. The van der Waals surface area contributed by atoms with Gasteiger partial charge in [-0.15, -0.1) is 0 Å². The van der Waals surface area contributed by atoms with Gasteiger partial charge in [0.2, 0.25) is 0 Å². The van der Waals surface area contributed by atoms with Crippen molar-refractivity contribution in [2.24, 2.45) is 5.92 Å². The fraction of sp³-hybridized carbons (Fsp3) is 0.750. The van der Waals surface area contributed by atoms with Gasteiger partial charge in [0.15, 0.2) is 0 Å². The van der Waals surface area contributed by atoms with Crippen molar-refractivity contribution in [3.63, 3.8) is 0 Å². The van der Waals surface area contributed by atoms with Gasteiger partial charge in [0.1, 0.15) is 0 Å². The van der Waals surface area contributed by atoms with Crippen molar-refractivity contribution >= 4 is 12.1 Å². The van der Waals surface area contributed by atoms with Crippen LogP contribution in [-0.4, -0.2) is 31.3 Å². The summed E-state index contributed by atoms with van der Waals surface area (Å²) in [4.78, 5) is 22.8. The SMILES string of the molecule is CCCCOC(=O)N[C@H]1CC[C@H](/C=C/C(=O)OCC)CC1. The smallest absolute Gasteiger partial charge is 0.407 e. The lowest BCUT2D eigenvalue weighted by molar-refractivity contribution is -0.137. The molecule has 1 aliphatic rings. The number of hydrogen-bond acceptors (Lipinski definition) is 4. The van der Waals surface area contributed by atoms with E-state index in [0.29, 0.717) is 19.1 Å². The van der Waals surface area contributed by atoms with Crippen LogP contribution < -0.4 is 5.32 Å². The number of carbonyl (C=O) groups is 2. The van der Waals surface area contributed by atoms with Gasteiger partial charge in [-0.05, 0) is 44.9 Å². The summed E-state index contributed by atoms with van der Waals surface area (Å²) in [5.74, 6) is 0.112. The maximum atomic E-state index is 11.5. The Morgan fingerprint density at radius 3 is 2.48 bits per heavy atom. The summed E-state index contributed by atoms with van der Waals surface area (Å²) in [7, 11) is 0. The number of amides is 1. The van der Waals surface area contributed by atoms with Gasteiger partial charge in [0, 0.05) is 12.1 Å². The molecule has 0 saturated heterocycles. The minimum Gasteiger partial charge on any atom is -0.463 e. The van der Waals surface area contributed by atoms with E-state index < -0.39 is 0 Å². The molecule has 0 atom stereocenters. The van der Waals surface area contributed by atoms with E-state index >= 15 is 0 Å². The molecule has 0 aromatic rings. The zero-order chi connectivity index (χ0) is 15.5. The van der Waals surface area contributed by atoms with Gasteiger partial charge in [0.25, 0.3) is 0 Å². The van der Waals surface area contributed by atoms with Crippen molar-refractivity contribution in [2.75, 3.05) is 13.2 Å². The van der Waals surface area contributed by atoms with E-state index in [1.807, 2.05) is 6.08 Å². The summed E-state index contributed by atoms with van der Waals surface area (Å²) < 4.78 is 9.95. The first-order valence-corrected chi connectivity index (χ1v) is 7.94. The van der Waals surface area contributed by atoms with Crippen molar-refractivity contribution in [2.45, 2.75) is 58.4 Å². The van der Waals surface area contributed by atoms with Crippen LogP contribution in [0.3, 0.4) is 0 Å². The molecule has 1 amide bonds. The van der Waals surface area contributed by atoms with Crippen LogP contribution in [0.2, 0.25) is 0 Å². The molecular formula is C16H27NO4. The van der Waals surface area contributed by atoms with Crippen molar-refractivity contribution < 1.29 is 19.1 Å². The predicted octanol–water partition coefficient (Wildman–Crippen LogP) is 3.19. The minimum atomic E-state index is -0.311. The number of ether oxygens (including phenoxy) is 2. The normalized spacial score (nSPS) is 22.0. The summed E-state index contributed by atoms with van der Waals surface area (Å²) in [6, 6.07) is 0.186. The predicted molar refractivity (Wildman–Crippen MR) is 80.9 cm³/mol. The number of alkyl carbamates (subject to hydrolysis) is 1. The fourth-order valence-corrected chi connectivity index (χ4v) is 2.38. The Hall–Kier alpha value is -1.52. The van der Waals surface area contributed by atoms with E-state index in [9.17, 15) is 9.59 Å². The van der Waals surface area contributed by atoms with Crippen LogP contribution in [0, 0.1) is 5.92 Å². The summed E-state index contributed by atoms with van der Waals surface area (Å²) in [5.41, 5.74) is 0. The van der Waals surface area contributed by atoms with Crippen molar-refractivity contribution in [3.8, 4) is 0 Å². The molecule has 1 saturated carbocycles. The van der Waals surface area contributed by atoms with Gasteiger partial charge in [-0.3, -0.25) is 0 Å². The summed E-state index contributed by atoms with van der Waals surface area (Å²) in [5, 5.41) is 2.91. The highest BCUT2D eigenvalue weighted by molar-refractivity contribution is 5.81. The third-order valence-electron chi connectivity index (χ3n) is 3.62. The Morgan fingerprint density at radius 2 is 1.86 bits per heavy atom. The van der Waals surface area contributed by atoms with E-state index in [1.165, 1.54) is 6.08 Å². The molecule has 0 unspecified atom stereocenters. The maximum absolute atomic E-state index is 11.5. The monoisotopic (exact) mass is 297 g/mol. The molecular weight excluding hydrogens is 270 g/mol. The number of rotatable bonds is 7. The first-order valence-electron chi connectivity index (χ1n) is 7.94. The average Bonchev–Trinajstić information content (AvgIpc) is 2.47. The molecule has 120 valence electrons. The Labute approximate surface area is 127 Å². The van der Waals surface area contributed by atoms with Crippen molar-refractivity contribution in [1.29, 1.82) is 0 Å². The van der Waals surface area contributed by atoms with Crippen LogP contribution >= 0.6 is 0 Å². The van der Waals surface area contributed by atoms with Gasteiger partial charge in [-0.25, -0.2) is 9.59 Å². The molecule has 1 rings (SSSR count). The third-order valence-corrected chi connectivity index (χ3v) is 3.62. The van der Waals surface area contributed by atoms with E-state index in [1.54, 1.807) is 6.92 Å². The Kier molecular flexibility index (Phi) is 8.55. The molecule has 1 aliphatic carbocycles. The van der Waals surface area contributed by atoms with Crippen LogP contribution in [0.1, 0.15) is 52.4 Å². The highest BCUT2D eigenvalue weighted by Crippen LogP contribution is 2.25. The molecule has 0 aromatic carbocycles. The molecule has 0 aromatic heterocycles. The summed E-state index contributed by atoms with van der Waals surface area (Å²) >= 11 is 0. The first-order chi connectivity index (χ1) is 10.2. The highest BCUT2D eigenvalue weighted by Gasteiger charge is 2.21. The zero-order valence-electron chi connectivity index (χ0n) is 13.1. The molecule has 0 spiro atoms. The van der Waals surface area contributed by atoms with Gasteiger partial charge < -0.3 is 14.8 Å². The Balaban J connectivity index is 2.19. The number of carbonyl (C=O) groups excluding carboxylic acids is 2. The van der Waals surface area contributed by atoms with E-state index in [2.05, 4.69) is 12.2 Å². The molecule has 1 fully saturated rings. The first kappa shape index (κ1) is 17.5. The molecule has 21 heavy (non-hydrogen) atoms. The maximum Gasteiger partial charge on any atom is 0.407 e. The number of nitrogens with one attached hydrogen (secondary N) is 1. The fourth-order valence-electron chi connectivity index (χ4n) is 2.38. The number of hydrogen-bond donors (Lipinski definition) is 1. The average molecular weight is 297 g/mol. The van der Waals surface area contributed by atoms with Crippen LogP contribution in [0.25, 0.3) is 0 Å². The molecule has 0 radical (unpaired) electrons. The second kappa shape index (κ2) is 10.2. The van der Waals surface area contributed by atoms with Crippen molar-refractivity contribution in [3.05, 3.63) is 12.2 Å². The second-order valence-corrected chi connectivity index (χ2v) is 5.36. The quantitative estimate of drug-likeness (QED) is 0.445. The second-order valence-electron chi connectivity index (χ2n) is 5.36. The van der Waals surface area contributed by atoms with Crippen LogP contribution in [0.4, 0.5) is 4.79 Å².